The highest BCUT2D eigenvalue weighted by atomic mass is 79.9. The number of hydrogen-bond acceptors (Lipinski definition) is 4. The van der Waals surface area contributed by atoms with Crippen molar-refractivity contribution in [3.8, 4) is 6.07 Å². The first-order valence-electron chi connectivity index (χ1n) is 8.03. The monoisotopic (exact) mass is 487 g/mol. The van der Waals surface area contributed by atoms with E-state index in [0.717, 1.165) is 6.08 Å². The van der Waals surface area contributed by atoms with Gasteiger partial charge in [-0.2, -0.15) is 5.26 Å². The highest BCUT2D eigenvalue weighted by Crippen LogP contribution is 2.40. The van der Waals surface area contributed by atoms with Crippen molar-refractivity contribution in [2.24, 2.45) is 0 Å². The average molecular weight is 489 g/mol. The third-order valence-electron chi connectivity index (χ3n) is 3.86. The summed E-state index contributed by atoms with van der Waals surface area (Å²) in [5.41, 5.74) is -0.109. The van der Waals surface area contributed by atoms with E-state index in [-0.39, 0.29) is 37.6 Å². The maximum Gasteiger partial charge on any atom is 0.255 e. The van der Waals surface area contributed by atoms with Crippen LogP contribution in [-0.2, 0) is 0 Å². The molecule has 0 N–H and O–H groups in total. The third-order valence-corrected chi connectivity index (χ3v) is 4.69. The number of ketones is 1. The van der Waals surface area contributed by atoms with Crippen molar-refractivity contribution >= 4 is 44.7 Å². The number of Topliss-reactive ketones (excluding diaryl/α,β-unsaturated/α-hetero) is 1. The number of hydrogen-bond donors (Lipinski definition) is 0. The van der Waals surface area contributed by atoms with Gasteiger partial charge in [0, 0.05) is 29.2 Å². The summed E-state index contributed by atoms with van der Waals surface area (Å²) in [7, 11) is 2.97. The summed E-state index contributed by atoms with van der Waals surface area (Å²) in [5, 5.41) is 9.54. The van der Waals surface area contributed by atoms with Crippen LogP contribution in [0.2, 0.25) is 0 Å². The van der Waals surface area contributed by atoms with E-state index in [0.29, 0.717) is 0 Å². The number of alkyl halides is 2. The number of rotatable bonds is 9. The Hall–Kier alpha value is -2.50. The molecular formula is C20H18BrClF3N3O. The molecule has 0 aliphatic carbocycles. The Kier molecular flexibility index (Phi) is 8.74. The number of carbonyl (C=O) groups excluding carboxylic acids is 1. The largest absolute Gasteiger partial charge is 0.367 e. The number of allylic oxidation sites excluding steroid dienone is 4. The highest BCUT2D eigenvalue weighted by molar-refractivity contribution is 9.10. The molecule has 0 unspecified atom stereocenters. The zero-order chi connectivity index (χ0) is 22.5. The van der Waals surface area contributed by atoms with E-state index in [1.807, 2.05) is 6.07 Å². The Labute approximate surface area is 181 Å². The number of nitriles is 1. The minimum absolute atomic E-state index is 0.125. The lowest BCUT2D eigenvalue weighted by molar-refractivity contribution is 0.103. The summed E-state index contributed by atoms with van der Waals surface area (Å²) in [4.78, 5) is 15.7. The van der Waals surface area contributed by atoms with Gasteiger partial charge in [0.2, 0.25) is 0 Å². The summed E-state index contributed by atoms with van der Waals surface area (Å²) in [6, 6.07) is 3.35. The number of halogens is 5. The lowest BCUT2D eigenvalue weighted by atomic mass is 9.95. The van der Waals surface area contributed by atoms with Crippen LogP contribution in [-0.4, -0.2) is 32.8 Å². The van der Waals surface area contributed by atoms with Gasteiger partial charge in [-0.25, -0.2) is 13.2 Å². The molecular weight excluding hydrogens is 471 g/mol. The first-order chi connectivity index (χ1) is 13.5. The van der Waals surface area contributed by atoms with Crippen LogP contribution in [0.25, 0.3) is 0 Å². The second-order valence-corrected chi connectivity index (χ2v) is 7.20. The Morgan fingerprint density at radius 3 is 2.41 bits per heavy atom. The van der Waals surface area contributed by atoms with E-state index >= 15 is 0 Å². The van der Waals surface area contributed by atoms with E-state index < -0.39 is 24.6 Å². The van der Waals surface area contributed by atoms with Crippen LogP contribution in [0.15, 0.2) is 59.0 Å². The van der Waals surface area contributed by atoms with Gasteiger partial charge >= 0.3 is 0 Å². The smallest absolute Gasteiger partial charge is 0.255 e. The predicted octanol–water partition coefficient (Wildman–Crippen LogP) is 5.95. The molecule has 0 fully saturated rings. The standard InChI is InChI=1S/C20H18BrClF3N3O/c1-6-27(4)19-14(9-26)18(20(29)13(12(3)22)7-11(2)23)15(21)8-16(19)28(5)10-17(24)25/h6-8,17H,1-3,10H2,4-5H3/b13-7+. The third kappa shape index (κ3) is 5.75. The molecule has 0 spiro atoms. The van der Waals surface area contributed by atoms with Crippen molar-refractivity contribution in [3.05, 3.63) is 70.1 Å². The van der Waals surface area contributed by atoms with Gasteiger partial charge in [-0.05, 0) is 34.3 Å². The van der Waals surface area contributed by atoms with Crippen molar-refractivity contribution in [2.75, 3.05) is 30.4 Å². The molecule has 9 heteroatoms. The second-order valence-electron chi connectivity index (χ2n) is 5.89. The van der Waals surface area contributed by atoms with Gasteiger partial charge in [-0.3, -0.25) is 4.79 Å². The minimum atomic E-state index is -2.63. The van der Waals surface area contributed by atoms with E-state index in [1.54, 1.807) is 7.05 Å². The molecule has 1 rings (SSSR count). The molecule has 4 nitrogen and oxygen atoms in total. The Bertz CT molecular complexity index is 938. The molecule has 0 heterocycles. The average Bonchev–Trinajstić information content (AvgIpc) is 2.62. The van der Waals surface area contributed by atoms with Crippen LogP contribution in [0, 0.1) is 11.3 Å². The number of carbonyl (C=O) groups is 1. The van der Waals surface area contributed by atoms with Gasteiger partial charge in [-0.15, -0.1) is 0 Å². The fraction of sp³-hybridized carbons (Fsp3) is 0.200. The van der Waals surface area contributed by atoms with Crippen molar-refractivity contribution in [1.82, 2.24) is 0 Å². The van der Waals surface area contributed by atoms with Crippen LogP contribution in [0.5, 0.6) is 0 Å². The molecule has 0 saturated carbocycles. The van der Waals surface area contributed by atoms with Gasteiger partial charge in [0.1, 0.15) is 11.9 Å². The normalized spacial score (nSPS) is 11.1. The fourth-order valence-corrected chi connectivity index (χ4v) is 3.30. The topological polar surface area (TPSA) is 47.3 Å². The molecule has 0 atom stereocenters. The zero-order valence-corrected chi connectivity index (χ0v) is 18.1. The Balaban J connectivity index is 3.90. The molecule has 0 aromatic heterocycles. The molecule has 154 valence electrons. The molecule has 0 radical (unpaired) electrons. The summed E-state index contributed by atoms with van der Waals surface area (Å²) in [6.07, 6.45) is -0.463. The minimum Gasteiger partial charge on any atom is -0.367 e. The molecule has 29 heavy (non-hydrogen) atoms. The highest BCUT2D eigenvalue weighted by Gasteiger charge is 2.28. The molecule has 1 aromatic carbocycles. The summed E-state index contributed by atoms with van der Waals surface area (Å²) < 4.78 is 39.3. The second kappa shape index (κ2) is 10.3. The van der Waals surface area contributed by atoms with E-state index in [4.69, 9.17) is 11.6 Å². The van der Waals surface area contributed by atoms with Crippen molar-refractivity contribution < 1.29 is 18.0 Å². The van der Waals surface area contributed by atoms with E-state index in [1.165, 1.54) is 29.1 Å². The number of anilines is 2. The first kappa shape index (κ1) is 24.5. The van der Waals surface area contributed by atoms with Crippen molar-refractivity contribution in [3.63, 3.8) is 0 Å². The molecule has 0 aliphatic rings. The fourth-order valence-electron chi connectivity index (χ4n) is 2.56. The predicted molar refractivity (Wildman–Crippen MR) is 114 cm³/mol. The zero-order valence-electron chi connectivity index (χ0n) is 15.8. The first-order valence-corrected chi connectivity index (χ1v) is 9.20. The lowest BCUT2D eigenvalue weighted by Crippen LogP contribution is -2.27. The Morgan fingerprint density at radius 2 is 2.00 bits per heavy atom. The molecule has 0 aliphatic heterocycles. The Morgan fingerprint density at radius 1 is 1.41 bits per heavy atom. The van der Waals surface area contributed by atoms with Crippen molar-refractivity contribution in [1.29, 1.82) is 5.26 Å². The molecule has 0 amide bonds. The van der Waals surface area contributed by atoms with Crippen LogP contribution >= 0.6 is 27.5 Å². The number of benzene rings is 1. The lowest BCUT2D eigenvalue weighted by Gasteiger charge is -2.28. The quantitative estimate of drug-likeness (QED) is 0.245. The van der Waals surface area contributed by atoms with Crippen LogP contribution < -0.4 is 9.80 Å². The van der Waals surface area contributed by atoms with Crippen LogP contribution in [0.3, 0.4) is 0 Å². The number of nitrogens with zero attached hydrogens (tertiary/aromatic N) is 3. The summed E-state index contributed by atoms with van der Waals surface area (Å²) in [6.45, 7) is 9.53. The van der Waals surface area contributed by atoms with Gasteiger partial charge < -0.3 is 9.80 Å². The van der Waals surface area contributed by atoms with Crippen LogP contribution in [0.1, 0.15) is 15.9 Å². The molecule has 1 aromatic rings. The van der Waals surface area contributed by atoms with Gasteiger partial charge in [0.05, 0.1) is 29.0 Å². The van der Waals surface area contributed by atoms with E-state index in [2.05, 4.69) is 35.7 Å². The summed E-state index contributed by atoms with van der Waals surface area (Å²) >= 11 is 9.06. The summed E-state index contributed by atoms with van der Waals surface area (Å²) in [5.74, 6) is -1.71. The van der Waals surface area contributed by atoms with Gasteiger partial charge in [0.25, 0.3) is 6.43 Å². The van der Waals surface area contributed by atoms with Gasteiger partial charge in [0.15, 0.2) is 5.78 Å². The maximum atomic E-state index is 13.3. The van der Waals surface area contributed by atoms with Gasteiger partial charge in [-0.1, -0.05) is 31.3 Å². The molecule has 0 bridgehead atoms. The molecule has 0 saturated heterocycles. The maximum absolute atomic E-state index is 13.3. The SMILES string of the molecule is C=CN(C)c1c(N(C)CC(F)F)cc(Br)c(C(=O)/C(=C/C(=C)F)C(=C)Cl)c1C#N. The van der Waals surface area contributed by atoms with Crippen LogP contribution in [0.4, 0.5) is 24.5 Å². The van der Waals surface area contributed by atoms with E-state index in [9.17, 15) is 23.2 Å². The van der Waals surface area contributed by atoms with Crippen molar-refractivity contribution in [2.45, 2.75) is 6.43 Å².